The molecule has 0 aromatic carbocycles. The van der Waals surface area contributed by atoms with E-state index in [0.29, 0.717) is 19.5 Å². The molecule has 6 nitrogen and oxygen atoms in total. The molecule has 2 N–H and O–H groups in total. The van der Waals surface area contributed by atoms with Crippen LogP contribution in [0.1, 0.15) is 33.6 Å². The zero-order chi connectivity index (χ0) is 14.6. The standard InChI is InChI=1S/C13H24N2O4/c1-13(2,3)5-6-14-12(18)15-8-9(19-4)7-10(15)11(16)17/h9-10H,5-8H2,1-4H3,(H,14,18)(H,16,17). The third-order valence-electron chi connectivity index (χ3n) is 3.29. The minimum atomic E-state index is -0.981. The summed E-state index contributed by atoms with van der Waals surface area (Å²) in [5.74, 6) is -0.981. The van der Waals surface area contributed by atoms with Crippen molar-refractivity contribution < 1.29 is 19.4 Å². The second-order valence-electron chi connectivity index (χ2n) is 6.14. The Hall–Kier alpha value is -1.30. The predicted octanol–water partition coefficient (Wildman–Crippen LogP) is 1.31. The van der Waals surface area contributed by atoms with E-state index in [2.05, 4.69) is 26.1 Å². The Kier molecular flexibility index (Phi) is 5.17. The van der Waals surface area contributed by atoms with Gasteiger partial charge in [0.25, 0.3) is 0 Å². The van der Waals surface area contributed by atoms with Crippen LogP contribution in [0.3, 0.4) is 0 Å². The fourth-order valence-electron chi connectivity index (χ4n) is 2.07. The Morgan fingerprint density at radius 2 is 2.05 bits per heavy atom. The molecule has 1 aliphatic rings. The van der Waals surface area contributed by atoms with Gasteiger partial charge < -0.3 is 20.1 Å². The maximum absolute atomic E-state index is 12.0. The van der Waals surface area contributed by atoms with Crippen molar-refractivity contribution in [2.24, 2.45) is 5.41 Å². The van der Waals surface area contributed by atoms with Gasteiger partial charge in [-0.3, -0.25) is 0 Å². The maximum Gasteiger partial charge on any atom is 0.326 e. The molecule has 1 heterocycles. The lowest BCUT2D eigenvalue weighted by atomic mass is 9.92. The van der Waals surface area contributed by atoms with Crippen molar-refractivity contribution in [1.29, 1.82) is 0 Å². The van der Waals surface area contributed by atoms with Crippen LogP contribution in [-0.4, -0.2) is 54.4 Å². The number of nitrogens with one attached hydrogen (secondary N) is 1. The van der Waals surface area contributed by atoms with Gasteiger partial charge in [0.15, 0.2) is 0 Å². The molecule has 2 unspecified atom stereocenters. The number of urea groups is 1. The van der Waals surface area contributed by atoms with Gasteiger partial charge in [-0.25, -0.2) is 9.59 Å². The predicted molar refractivity (Wildman–Crippen MR) is 71.0 cm³/mol. The third kappa shape index (κ3) is 4.70. The van der Waals surface area contributed by atoms with Crippen molar-refractivity contribution in [3.63, 3.8) is 0 Å². The average Bonchev–Trinajstić information content (AvgIpc) is 2.71. The SMILES string of the molecule is COC1CC(C(=O)O)N(C(=O)NCCC(C)(C)C)C1. The monoisotopic (exact) mass is 272 g/mol. The highest BCUT2D eigenvalue weighted by atomic mass is 16.5. The van der Waals surface area contributed by atoms with E-state index >= 15 is 0 Å². The van der Waals surface area contributed by atoms with E-state index in [9.17, 15) is 9.59 Å². The minimum absolute atomic E-state index is 0.138. The lowest BCUT2D eigenvalue weighted by molar-refractivity contribution is -0.141. The van der Waals surface area contributed by atoms with Gasteiger partial charge in [-0.2, -0.15) is 0 Å². The number of methoxy groups -OCH3 is 1. The highest BCUT2D eigenvalue weighted by Crippen LogP contribution is 2.21. The topological polar surface area (TPSA) is 78.9 Å². The molecule has 6 heteroatoms. The largest absolute Gasteiger partial charge is 0.480 e. The smallest absolute Gasteiger partial charge is 0.326 e. The molecule has 2 amide bonds. The molecule has 1 rings (SSSR count). The summed E-state index contributed by atoms with van der Waals surface area (Å²) in [5.41, 5.74) is 0.138. The van der Waals surface area contributed by atoms with Gasteiger partial charge in [-0.05, 0) is 11.8 Å². The number of likely N-dealkylation sites (tertiary alicyclic amines) is 1. The normalized spacial score (nSPS) is 23.5. The molecule has 1 fully saturated rings. The molecule has 0 aromatic heterocycles. The number of carboxylic acids is 1. The Bertz CT molecular complexity index is 338. The maximum atomic E-state index is 12.0. The summed E-state index contributed by atoms with van der Waals surface area (Å²) in [6.07, 6.45) is 0.991. The molecule has 1 saturated heterocycles. The number of aliphatic carboxylic acids is 1. The van der Waals surface area contributed by atoms with Gasteiger partial charge in [0.1, 0.15) is 6.04 Å². The Labute approximate surface area is 114 Å². The summed E-state index contributed by atoms with van der Waals surface area (Å²) in [6.45, 7) is 7.15. The molecule has 0 radical (unpaired) electrons. The summed E-state index contributed by atoms with van der Waals surface area (Å²) in [6, 6.07) is -1.12. The van der Waals surface area contributed by atoms with Crippen molar-refractivity contribution in [2.45, 2.75) is 45.8 Å². The van der Waals surface area contributed by atoms with E-state index in [-0.39, 0.29) is 17.6 Å². The second kappa shape index (κ2) is 6.23. The number of hydrogen-bond donors (Lipinski definition) is 2. The van der Waals surface area contributed by atoms with Gasteiger partial charge >= 0.3 is 12.0 Å². The van der Waals surface area contributed by atoms with Gasteiger partial charge in [-0.15, -0.1) is 0 Å². The molecule has 0 aromatic rings. The fraction of sp³-hybridized carbons (Fsp3) is 0.846. The number of hydrogen-bond acceptors (Lipinski definition) is 3. The molecule has 19 heavy (non-hydrogen) atoms. The summed E-state index contributed by atoms with van der Waals surface area (Å²) in [4.78, 5) is 24.5. The van der Waals surface area contributed by atoms with Gasteiger partial charge in [-0.1, -0.05) is 20.8 Å². The minimum Gasteiger partial charge on any atom is -0.480 e. The first-order valence-corrected chi connectivity index (χ1v) is 6.54. The fourth-order valence-corrected chi connectivity index (χ4v) is 2.07. The number of amides is 2. The van der Waals surface area contributed by atoms with E-state index < -0.39 is 12.0 Å². The van der Waals surface area contributed by atoms with Crippen molar-refractivity contribution in [3.8, 4) is 0 Å². The Balaban J connectivity index is 2.52. The summed E-state index contributed by atoms with van der Waals surface area (Å²) in [5, 5.41) is 11.9. The Morgan fingerprint density at radius 1 is 1.42 bits per heavy atom. The van der Waals surface area contributed by atoms with Crippen LogP contribution in [-0.2, 0) is 9.53 Å². The van der Waals surface area contributed by atoms with Gasteiger partial charge in [0, 0.05) is 26.6 Å². The lowest BCUT2D eigenvalue weighted by Crippen LogP contribution is -2.46. The molecule has 0 aliphatic carbocycles. The van der Waals surface area contributed by atoms with Crippen molar-refractivity contribution in [2.75, 3.05) is 20.2 Å². The van der Waals surface area contributed by atoms with Crippen LogP contribution in [0.5, 0.6) is 0 Å². The lowest BCUT2D eigenvalue weighted by Gasteiger charge is -2.23. The summed E-state index contributed by atoms with van der Waals surface area (Å²) >= 11 is 0. The molecule has 0 spiro atoms. The van der Waals surface area contributed by atoms with Crippen LogP contribution in [0.25, 0.3) is 0 Å². The number of carbonyl (C=O) groups is 2. The first kappa shape index (κ1) is 15.8. The van der Waals surface area contributed by atoms with Crippen LogP contribution < -0.4 is 5.32 Å². The first-order valence-electron chi connectivity index (χ1n) is 6.54. The van der Waals surface area contributed by atoms with Crippen LogP contribution >= 0.6 is 0 Å². The van der Waals surface area contributed by atoms with E-state index in [1.165, 1.54) is 12.0 Å². The number of carbonyl (C=O) groups excluding carboxylic acids is 1. The van der Waals surface area contributed by atoms with Crippen molar-refractivity contribution in [1.82, 2.24) is 10.2 Å². The number of rotatable bonds is 4. The van der Waals surface area contributed by atoms with Crippen molar-refractivity contribution >= 4 is 12.0 Å². The van der Waals surface area contributed by atoms with Gasteiger partial charge in [0.05, 0.1) is 6.10 Å². The molecule has 0 bridgehead atoms. The molecular weight excluding hydrogens is 248 g/mol. The highest BCUT2D eigenvalue weighted by molar-refractivity contribution is 5.83. The molecule has 110 valence electrons. The molecular formula is C13H24N2O4. The van der Waals surface area contributed by atoms with Crippen LogP contribution in [0.2, 0.25) is 0 Å². The van der Waals surface area contributed by atoms with E-state index in [0.717, 1.165) is 6.42 Å². The Morgan fingerprint density at radius 3 is 2.53 bits per heavy atom. The average molecular weight is 272 g/mol. The van der Waals surface area contributed by atoms with Crippen LogP contribution in [0.15, 0.2) is 0 Å². The van der Waals surface area contributed by atoms with Gasteiger partial charge in [0.2, 0.25) is 0 Å². The van der Waals surface area contributed by atoms with E-state index in [1.54, 1.807) is 0 Å². The molecule has 0 saturated carbocycles. The number of nitrogens with zero attached hydrogens (tertiary/aromatic N) is 1. The third-order valence-corrected chi connectivity index (χ3v) is 3.29. The molecule has 2 atom stereocenters. The first-order chi connectivity index (χ1) is 8.74. The number of ether oxygens (including phenoxy) is 1. The summed E-state index contributed by atoms with van der Waals surface area (Å²) in [7, 11) is 1.53. The van der Waals surface area contributed by atoms with E-state index in [4.69, 9.17) is 9.84 Å². The van der Waals surface area contributed by atoms with Crippen LogP contribution in [0, 0.1) is 5.41 Å². The number of carboxylic acid groups (broad SMARTS) is 1. The zero-order valence-corrected chi connectivity index (χ0v) is 12.1. The van der Waals surface area contributed by atoms with Crippen LogP contribution in [0.4, 0.5) is 4.79 Å². The highest BCUT2D eigenvalue weighted by Gasteiger charge is 2.39. The van der Waals surface area contributed by atoms with Crippen molar-refractivity contribution in [3.05, 3.63) is 0 Å². The summed E-state index contributed by atoms with van der Waals surface area (Å²) < 4.78 is 5.15. The second-order valence-corrected chi connectivity index (χ2v) is 6.14. The molecule has 1 aliphatic heterocycles. The van der Waals surface area contributed by atoms with E-state index in [1.807, 2.05) is 0 Å². The quantitative estimate of drug-likeness (QED) is 0.808. The zero-order valence-electron chi connectivity index (χ0n) is 12.1.